The maximum Gasteiger partial charge on any atom is 0.303 e. The molecule has 0 radical (unpaired) electrons. The molecule has 0 saturated carbocycles. The SMILES string of the molecule is CN=c1ccc2c(-c3cc(C(=O)NCCCOCCOCCOCCCNC(=O)C(CCC(=O)O)NC(=O)[C@H](CCC(=O)O)NC(=O)CCc4ccc(-c5cc(-c6ccccc6)cs5)cc4)ccc3C(O)O)c3ccc(N)c(S(=O)(=O)O)c3oc-2c1S(=O)(=O)O. The molecule has 1 aromatic heterocycles. The van der Waals surface area contributed by atoms with Gasteiger partial charge in [-0.3, -0.25) is 42.9 Å². The quantitative estimate of drug-likeness (QED) is 0.00812. The standard InChI is InChI=1S/C61H68N6O20S3/c1-63-46-19-17-43-53(42-16-18-45(62)56(89(78,79)80)54(42)87-55(43)57(46)90(81,82)83)44-33-39(14-15-41(44)61(76)77)58(73)64-25-5-27-84-29-31-86-32-30-85-28-6-26-65-59(74)47(20-23-51(69)70)67-60(75)48(21-24-52(71)72)66-50(68)22-11-36-9-12-38(13-10-36)49-34-40(35-88-49)37-7-3-2-4-8-37/h2-4,7-10,12-19,33-35,47-48,61,76-77H,5-6,11,20-32,62H2,1H3,(H,64,73)(H,65,74)(H,66,68)(H,67,75)(H,69,70)(H,71,72)(H,78,79,80)(H,81,82,83)/t47?,48-/m0/s1. The van der Waals surface area contributed by atoms with Crippen molar-refractivity contribution in [2.24, 2.45) is 4.99 Å². The number of hydrogen-bond acceptors (Lipinski definition) is 19. The summed E-state index contributed by atoms with van der Waals surface area (Å²) in [6.45, 7) is 1.36. The molecule has 29 heteroatoms. The average molecular weight is 1300 g/mol. The summed E-state index contributed by atoms with van der Waals surface area (Å²) in [4.78, 5) is 79.5. The fourth-order valence-corrected chi connectivity index (χ4v) is 12.1. The number of carbonyl (C=O) groups excluding carboxylic acids is 4. The first-order valence-electron chi connectivity index (χ1n) is 28.2. The first-order chi connectivity index (χ1) is 42.9. The molecule has 7 rings (SSSR count). The summed E-state index contributed by atoms with van der Waals surface area (Å²) in [7, 11) is -9.12. The van der Waals surface area contributed by atoms with Gasteiger partial charge in [0.25, 0.3) is 26.1 Å². The number of nitrogens with one attached hydrogen (secondary N) is 4. The van der Waals surface area contributed by atoms with Gasteiger partial charge in [-0.25, -0.2) is 0 Å². The number of fused-ring (bicyclic) bond motifs is 2. The lowest BCUT2D eigenvalue weighted by Crippen LogP contribution is -2.54. The van der Waals surface area contributed by atoms with E-state index in [2.05, 4.69) is 37.7 Å². The topological polar surface area (TPSA) is 419 Å². The number of aryl methyl sites for hydroxylation is 1. The van der Waals surface area contributed by atoms with Crippen molar-refractivity contribution in [2.45, 2.75) is 79.5 Å². The van der Waals surface area contributed by atoms with Gasteiger partial charge in [-0.15, -0.1) is 11.3 Å². The number of aliphatic carboxylic acids is 2. The van der Waals surface area contributed by atoms with Crippen LogP contribution in [0.5, 0.6) is 0 Å². The lowest BCUT2D eigenvalue weighted by atomic mass is 9.89. The van der Waals surface area contributed by atoms with E-state index in [1.165, 1.54) is 43.4 Å². The summed E-state index contributed by atoms with van der Waals surface area (Å²) in [5.41, 5.74) is 8.34. The monoisotopic (exact) mass is 1300 g/mol. The summed E-state index contributed by atoms with van der Waals surface area (Å²) in [5, 5.41) is 51.9. The number of aliphatic hydroxyl groups is 2. The summed E-state index contributed by atoms with van der Waals surface area (Å²) < 4.78 is 94.0. The number of rotatable bonds is 34. The highest BCUT2D eigenvalue weighted by Gasteiger charge is 2.33. The van der Waals surface area contributed by atoms with Crippen LogP contribution in [0.3, 0.4) is 0 Å². The number of carboxylic acids is 2. The van der Waals surface area contributed by atoms with E-state index in [4.69, 9.17) is 24.4 Å². The van der Waals surface area contributed by atoms with Crippen LogP contribution >= 0.6 is 11.3 Å². The average Bonchev–Trinajstić information content (AvgIpc) is 0.815. The lowest BCUT2D eigenvalue weighted by molar-refractivity contribution is -0.139. The molecule has 0 fully saturated rings. The minimum atomic E-state index is -5.18. The van der Waals surface area contributed by atoms with E-state index in [-0.39, 0.29) is 111 Å². The smallest absolute Gasteiger partial charge is 0.303 e. The molecule has 2 atom stereocenters. The van der Waals surface area contributed by atoms with Gasteiger partial charge in [0.1, 0.15) is 12.1 Å². The fraction of sp³-hybridized carbons (Fsp3) is 0.328. The zero-order valence-electron chi connectivity index (χ0n) is 48.6. The first kappa shape index (κ1) is 69.0. The highest BCUT2D eigenvalue weighted by atomic mass is 32.2. The summed E-state index contributed by atoms with van der Waals surface area (Å²) in [5.74, 6) is -5.75. The molecule has 1 aliphatic heterocycles. The second kappa shape index (κ2) is 32.3. The largest absolute Gasteiger partial charge is 0.481 e. The van der Waals surface area contributed by atoms with Crippen LogP contribution in [0.25, 0.3) is 55.0 Å². The molecule has 1 unspecified atom stereocenters. The Labute approximate surface area is 520 Å². The first-order valence-corrected chi connectivity index (χ1v) is 32.0. The molecule has 4 aromatic carbocycles. The number of carboxylic acid groups (broad SMARTS) is 2. The minimum absolute atomic E-state index is 0.0204. The molecule has 4 amide bonds. The molecule has 2 aliphatic rings. The highest BCUT2D eigenvalue weighted by molar-refractivity contribution is 7.86. The molecule has 0 saturated heterocycles. The number of carbonyl (C=O) groups is 6. The van der Waals surface area contributed by atoms with Gasteiger partial charge in [0, 0.05) is 85.1 Å². The number of thiophene rings is 1. The second-order valence-corrected chi connectivity index (χ2v) is 24.0. The van der Waals surface area contributed by atoms with Crippen LogP contribution in [0.1, 0.15) is 72.7 Å². The highest BCUT2D eigenvalue weighted by Crippen LogP contribution is 2.46. The van der Waals surface area contributed by atoms with E-state index in [1.54, 1.807) is 11.3 Å². The van der Waals surface area contributed by atoms with Crippen molar-refractivity contribution < 1.29 is 93.8 Å². The number of nitrogen functional groups attached to an aromatic ring is 1. The molecule has 480 valence electrons. The summed E-state index contributed by atoms with van der Waals surface area (Å²) in [6, 6.07) is 25.9. The van der Waals surface area contributed by atoms with Crippen molar-refractivity contribution >= 4 is 83.8 Å². The van der Waals surface area contributed by atoms with Gasteiger partial charge >= 0.3 is 11.9 Å². The third-order valence-electron chi connectivity index (χ3n) is 14.0. The van der Waals surface area contributed by atoms with Gasteiger partial charge < -0.3 is 66.1 Å². The molecular formula is C61H68N6O20S3. The predicted molar refractivity (Wildman–Crippen MR) is 329 cm³/mol. The zero-order chi connectivity index (χ0) is 65.1. The van der Waals surface area contributed by atoms with Crippen molar-refractivity contribution in [3.8, 4) is 44.0 Å². The van der Waals surface area contributed by atoms with Crippen LogP contribution in [-0.4, -0.2) is 154 Å². The number of amides is 4. The van der Waals surface area contributed by atoms with E-state index >= 15 is 0 Å². The molecule has 26 nitrogen and oxygen atoms in total. The van der Waals surface area contributed by atoms with Gasteiger partial charge in [-0.05, 0) is 108 Å². The maximum absolute atomic E-state index is 13.5. The number of aliphatic hydroxyl groups excluding tert-OH is 1. The zero-order valence-corrected chi connectivity index (χ0v) is 51.0. The van der Waals surface area contributed by atoms with Crippen molar-refractivity contribution in [1.29, 1.82) is 0 Å². The third-order valence-corrected chi connectivity index (χ3v) is 16.8. The number of ether oxygens (including phenoxy) is 3. The van der Waals surface area contributed by atoms with Crippen LogP contribution in [0.4, 0.5) is 5.69 Å². The van der Waals surface area contributed by atoms with Crippen LogP contribution < -0.4 is 32.4 Å². The Balaban J connectivity index is 0.814. The molecule has 90 heavy (non-hydrogen) atoms. The van der Waals surface area contributed by atoms with Gasteiger partial charge in [-0.1, -0.05) is 60.7 Å². The van der Waals surface area contributed by atoms with Crippen LogP contribution in [-0.2, 0) is 64.8 Å². The van der Waals surface area contributed by atoms with E-state index in [0.717, 1.165) is 33.2 Å². The molecule has 1 aliphatic carbocycles. The molecule has 12 N–H and O–H groups in total. The van der Waals surface area contributed by atoms with Crippen molar-refractivity contribution in [3.05, 3.63) is 131 Å². The molecule has 0 spiro atoms. The number of benzene rings is 5. The Bertz CT molecular complexity index is 3970. The lowest BCUT2D eigenvalue weighted by Gasteiger charge is -2.23. The van der Waals surface area contributed by atoms with Crippen molar-refractivity contribution in [3.63, 3.8) is 0 Å². The van der Waals surface area contributed by atoms with Gasteiger partial charge in [0.2, 0.25) is 17.7 Å². The van der Waals surface area contributed by atoms with Gasteiger partial charge in [-0.2, -0.15) is 16.8 Å². The van der Waals surface area contributed by atoms with Crippen LogP contribution in [0.2, 0.25) is 0 Å². The Morgan fingerprint density at radius 3 is 1.86 bits per heavy atom. The van der Waals surface area contributed by atoms with E-state index < -0.39 is 114 Å². The van der Waals surface area contributed by atoms with Gasteiger partial charge in [0.15, 0.2) is 27.4 Å². The molecule has 2 heterocycles. The van der Waals surface area contributed by atoms with E-state index in [9.17, 15) is 75.1 Å². The Kier molecular flexibility index (Phi) is 24.8. The number of hydrogen-bond donors (Lipinski definition) is 11. The van der Waals surface area contributed by atoms with Crippen molar-refractivity contribution in [1.82, 2.24) is 21.3 Å². The number of nitrogens with two attached hydrogens (primary N) is 1. The Morgan fingerprint density at radius 2 is 1.26 bits per heavy atom. The normalized spacial score (nSPS) is 12.7. The molecular weight excluding hydrogens is 1230 g/mol. The van der Waals surface area contributed by atoms with E-state index in [0.29, 0.717) is 19.3 Å². The second-order valence-electron chi connectivity index (χ2n) is 20.4. The van der Waals surface area contributed by atoms with Crippen LogP contribution in [0.15, 0.2) is 128 Å². The maximum atomic E-state index is 13.5. The Morgan fingerprint density at radius 1 is 0.644 bits per heavy atom. The minimum Gasteiger partial charge on any atom is -0.481 e. The summed E-state index contributed by atoms with van der Waals surface area (Å²) in [6.07, 6.45) is -2.73. The van der Waals surface area contributed by atoms with Crippen molar-refractivity contribution in [2.75, 3.05) is 65.5 Å². The van der Waals surface area contributed by atoms with Crippen LogP contribution in [0, 0.1) is 0 Å². The molecule has 0 bridgehead atoms. The number of nitrogens with zero attached hydrogens (tertiary/aromatic N) is 1. The predicted octanol–water partition coefficient (Wildman–Crippen LogP) is 5.20. The Hall–Kier alpha value is -8.49. The summed E-state index contributed by atoms with van der Waals surface area (Å²) >= 11 is 1.62. The fourth-order valence-electron chi connectivity index (χ4n) is 9.60. The molecule has 5 aromatic rings. The third kappa shape index (κ3) is 19.0. The number of anilines is 1. The van der Waals surface area contributed by atoms with E-state index in [1.807, 2.05) is 54.6 Å². The van der Waals surface area contributed by atoms with Gasteiger partial charge in [0.05, 0.1) is 37.5 Å².